The first-order chi connectivity index (χ1) is 7.24. The molecule has 0 unspecified atom stereocenters. The summed E-state index contributed by atoms with van der Waals surface area (Å²) in [5.74, 6) is 0.937. The number of hydrogen-bond acceptors (Lipinski definition) is 2. The molecule has 0 bridgehead atoms. The van der Waals surface area contributed by atoms with E-state index in [0.717, 1.165) is 12.3 Å². The lowest BCUT2D eigenvalue weighted by Gasteiger charge is -2.05. The lowest BCUT2D eigenvalue weighted by molar-refractivity contribution is 0.362. The van der Waals surface area contributed by atoms with Crippen LogP contribution >= 0.6 is 0 Å². The summed E-state index contributed by atoms with van der Waals surface area (Å²) >= 11 is 0. The van der Waals surface area contributed by atoms with Crippen LogP contribution in [0.25, 0.3) is 0 Å². The minimum atomic E-state index is 0.629. The lowest BCUT2D eigenvalue weighted by Crippen LogP contribution is -2.04. The largest absolute Gasteiger partial charge is 0.490 e. The zero-order chi connectivity index (χ0) is 11.1. The molecule has 1 aromatic carbocycles. The van der Waals surface area contributed by atoms with Crippen molar-refractivity contribution in [1.82, 2.24) is 5.32 Å². The maximum Gasteiger partial charge on any atom is 0.120 e. The van der Waals surface area contributed by atoms with Gasteiger partial charge in [0.2, 0.25) is 0 Å². The summed E-state index contributed by atoms with van der Waals surface area (Å²) in [7, 11) is 1.93. The summed E-state index contributed by atoms with van der Waals surface area (Å²) in [4.78, 5) is 0. The number of hydrogen-bond donors (Lipinski definition) is 1. The number of likely N-dealkylation sites (N-methyl/N-ethyl adjacent to an activating group) is 1. The molecule has 0 aliphatic heterocycles. The predicted molar refractivity (Wildman–Crippen MR) is 64.5 cm³/mol. The van der Waals surface area contributed by atoms with Gasteiger partial charge in [0.15, 0.2) is 0 Å². The number of nitrogens with one attached hydrogen (secondary N) is 1. The average Bonchev–Trinajstić information content (AvgIpc) is 2.23. The molecule has 0 spiro atoms. The second-order valence-corrected chi connectivity index (χ2v) is 3.59. The number of rotatable bonds is 5. The molecular formula is C13H19NO. The van der Waals surface area contributed by atoms with Gasteiger partial charge in [-0.1, -0.05) is 18.2 Å². The fraction of sp³-hybridized carbons (Fsp3) is 0.385. The molecule has 0 aromatic heterocycles. The minimum absolute atomic E-state index is 0.629. The highest BCUT2D eigenvalue weighted by Crippen LogP contribution is 2.16. The van der Waals surface area contributed by atoms with E-state index in [1.807, 2.05) is 19.2 Å². The first kappa shape index (κ1) is 11.8. The molecule has 1 rings (SSSR count). The zero-order valence-corrected chi connectivity index (χ0v) is 9.71. The van der Waals surface area contributed by atoms with Crippen molar-refractivity contribution in [3.8, 4) is 5.75 Å². The first-order valence-corrected chi connectivity index (χ1v) is 5.23. The van der Waals surface area contributed by atoms with Crippen molar-refractivity contribution < 1.29 is 4.74 Å². The van der Waals surface area contributed by atoms with Crippen LogP contribution in [0.4, 0.5) is 0 Å². The normalized spacial score (nSPS) is 10.9. The van der Waals surface area contributed by atoms with Crippen molar-refractivity contribution in [3.63, 3.8) is 0 Å². The highest BCUT2D eigenvalue weighted by Gasteiger charge is 1.95. The van der Waals surface area contributed by atoms with Crippen LogP contribution in [0.1, 0.15) is 11.1 Å². The first-order valence-electron chi connectivity index (χ1n) is 5.23. The summed E-state index contributed by atoms with van der Waals surface area (Å²) in [5.41, 5.74) is 2.57. The van der Waals surface area contributed by atoms with Crippen LogP contribution in [0, 0.1) is 13.8 Å². The van der Waals surface area contributed by atoms with E-state index in [0.29, 0.717) is 6.61 Å². The van der Waals surface area contributed by atoms with E-state index in [9.17, 15) is 0 Å². The third kappa shape index (κ3) is 4.17. The van der Waals surface area contributed by atoms with E-state index < -0.39 is 0 Å². The standard InChI is InChI=1S/C13H19NO/c1-11-6-7-13(10-12(11)2)15-9-5-4-8-14-3/h4-7,10,14H,8-9H2,1-3H3. The second-order valence-electron chi connectivity index (χ2n) is 3.59. The molecule has 1 N–H and O–H groups in total. The topological polar surface area (TPSA) is 21.3 Å². The summed E-state index contributed by atoms with van der Waals surface area (Å²) in [6, 6.07) is 6.16. The van der Waals surface area contributed by atoms with Crippen LogP contribution in [0.2, 0.25) is 0 Å². The number of ether oxygens (including phenoxy) is 1. The molecular weight excluding hydrogens is 186 g/mol. The van der Waals surface area contributed by atoms with Crippen molar-refractivity contribution in [3.05, 3.63) is 41.5 Å². The van der Waals surface area contributed by atoms with Gasteiger partial charge >= 0.3 is 0 Å². The third-order valence-corrected chi connectivity index (χ3v) is 2.31. The van der Waals surface area contributed by atoms with Crippen LogP contribution in [-0.2, 0) is 0 Å². The molecule has 2 heteroatoms. The monoisotopic (exact) mass is 205 g/mol. The van der Waals surface area contributed by atoms with E-state index in [1.54, 1.807) is 0 Å². The Kier molecular flexibility index (Phi) is 4.91. The summed E-state index contributed by atoms with van der Waals surface area (Å²) in [6.07, 6.45) is 4.08. The number of aryl methyl sites for hydroxylation is 2. The molecule has 0 saturated heterocycles. The van der Waals surface area contributed by atoms with Gasteiger partial charge in [-0.25, -0.2) is 0 Å². The van der Waals surface area contributed by atoms with Gasteiger partial charge in [-0.15, -0.1) is 0 Å². The molecule has 0 aliphatic rings. The predicted octanol–water partition coefficient (Wildman–Crippen LogP) is 2.46. The molecule has 0 radical (unpaired) electrons. The fourth-order valence-corrected chi connectivity index (χ4v) is 1.22. The zero-order valence-electron chi connectivity index (χ0n) is 9.71. The molecule has 0 atom stereocenters. The van der Waals surface area contributed by atoms with Gasteiger partial charge in [-0.2, -0.15) is 0 Å². The summed E-state index contributed by atoms with van der Waals surface area (Å²) in [6.45, 7) is 5.71. The molecule has 15 heavy (non-hydrogen) atoms. The molecule has 0 amide bonds. The highest BCUT2D eigenvalue weighted by atomic mass is 16.5. The Morgan fingerprint density at radius 1 is 1.20 bits per heavy atom. The maximum absolute atomic E-state index is 5.57. The van der Waals surface area contributed by atoms with Crippen LogP contribution in [0.5, 0.6) is 5.75 Å². The Bertz CT molecular complexity index is 331. The van der Waals surface area contributed by atoms with Crippen LogP contribution in [0.3, 0.4) is 0 Å². The van der Waals surface area contributed by atoms with E-state index >= 15 is 0 Å². The van der Waals surface area contributed by atoms with Crippen molar-refractivity contribution >= 4 is 0 Å². The van der Waals surface area contributed by atoms with Gasteiger partial charge in [0.1, 0.15) is 12.4 Å². The lowest BCUT2D eigenvalue weighted by atomic mass is 10.1. The molecule has 0 aliphatic carbocycles. The Morgan fingerprint density at radius 3 is 2.67 bits per heavy atom. The smallest absolute Gasteiger partial charge is 0.120 e. The summed E-state index contributed by atoms with van der Waals surface area (Å²) < 4.78 is 5.57. The Labute approximate surface area is 92.0 Å². The van der Waals surface area contributed by atoms with E-state index in [-0.39, 0.29) is 0 Å². The van der Waals surface area contributed by atoms with Gasteiger partial charge in [-0.3, -0.25) is 0 Å². The molecule has 0 fully saturated rings. The van der Waals surface area contributed by atoms with Crippen molar-refractivity contribution in [1.29, 1.82) is 0 Å². The van der Waals surface area contributed by atoms with Gasteiger partial charge in [0.25, 0.3) is 0 Å². The SMILES string of the molecule is CNCC=CCOc1ccc(C)c(C)c1. The average molecular weight is 205 g/mol. The van der Waals surface area contributed by atoms with Gasteiger partial charge in [-0.05, 0) is 44.2 Å². The summed E-state index contributed by atoms with van der Waals surface area (Å²) in [5, 5.41) is 3.04. The van der Waals surface area contributed by atoms with Gasteiger partial charge < -0.3 is 10.1 Å². The Hall–Kier alpha value is -1.28. The quantitative estimate of drug-likeness (QED) is 0.746. The van der Waals surface area contributed by atoms with Crippen molar-refractivity contribution in [2.24, 2.45) is 0 Å². The maximum atomic E-state index is 5.57. The second kappa shape index (κ2) is 6.25. The van der Waals surface area contributed by atoms with Crippen LogP contribution < -0.4 is 10.1 Å². The molecule has 82 valence electrons. The highest BCUT2D eigenvalue weighted by molar-refractivity contribution is 5.33. The van der Waals surface area contributed by atoms with Crippen LogP contribution in [0.15, 0.2) is 30.4 Å². The molecule has 1 aromatic rings. The van der Waals surface area contributed by atoms with E-state index in [4.69, 9.17) is 4.74 Å². The fourth-order valence-electron chi connectivity index (χ4n) is 1.22. The van der Waals surface area contributed by atoms with E-state index in [1.165, 1.54) is 11.1 Å². The van der Waals surface area contributed by atoms with Crippen molar-refractivity contribution in [2.75, 3.05) is 20.2 Å². The molecule has 0 saturated carbocycles. The van der Waals surface area contributed by atoms with Gasteiger partial charge in [0, 0.05) is 6.54 Å². The molecule has 2 nitrogen and oxygen atoms in total. The van der Waals surface area contributed by atoms with Crippen molar-refractivity contribution in [2.45, 2.75) is 13.8 Å². The number of benzene rings is 1. The van der Waals surface area contributed by atoms with Crippen LogP contribution in [-0.4, -0.2) is 20.2 Å². The third-order valence-electron chi connectivity index (χ3n) is 2.31. The molecule has 0 heterocycles. The Balaban J connectivity index is 2.41. The minimum Gasteiger partial charge on any atom is -0.490 e. The van der Waals surface area contributed by atoms with Gasteiger partial charge in [0.05, 0.1) is 0 Å². The Morgan fingerprint density at radius 2 is 2.00 bits per heavy atom. The van der Waals surface area contributed by atoms with E-state index in [2.05, 4.69) is 37.4 Å².